The quantitative estimate of drug-likeness (QED) is 0.544. The lowest BCUT2D eigenvalue weighted by Crippen LogP contribution is -2.55. The second-order valence-corrected chi connectivity index (χ2v) is 12.2. The van der Waals surface area contributed by atoms with E-state index in [1.54, 1.807) is 6.07 Å². The van der Waals surface area contributed by atoms with Crippen molar-refractivity contribution in [2.24, 2.45) is 5.92 Å². The zero-order valence-corrected chi connectivity index (χ0v) is 23.8. The molecule has 2 heterocycles. The van der Waals surface area contributed by atoms with Crippen LogP contribution >= 0.6 is 11.6 Å². The van der Waals surface area contributed by atoms with E-state index in [2.05, 4.69) is 10.6 Å². The Kier molecular flexibility index (Phi) is 8.01. The maximum Gasteiger partial charge on any atom is 0.245 e. The number of nitrogens with zero attached hydrogens (tertiary/aromatic N) is 2. The molecule has 2 aromatic rings. The van der Waals surface area contributed by atoms with E-state index in [-0.39, 0.29) is 29.7 Å². The van der Waals surface area contributed by atoms with Crippen LogP contribution in [0.15, 0.2) is 48.5 Å². The van der Waals surface area contributed by atoms with E-state index in [1.165, 1.54) is 0 Å². The Hall–Kier alpha value is -2.90. The second kappa shape index (κ2) is 11.3. The third kappa shape index (κ3) is 5.57. The summed E-state index contributed by atoms with van der Waals surface area (Å²) in [6, 6.07) is 15.2. The van der Waals surface area contributed by atoms with Gasteiger partial charge in [-0.25, -0.2) is 0 Å². The van der Waals surface area contributed by atoms with Crippen molar-refractivity contribution in [3.63, 3.8) is 0 Å². The number of rotatable bonds is 7. The highest BCUT2D eigenvalue weighted by atomic mass is 35.5. The summed E-state index contributed by atoms with van der Waals surface area (Å²) >= 11 is 6.22. The van der Waals surface area contributed by atoms with Gasteiger partial charge in [-0.1, -0.05) is 41.9 Å². The third-order valence-electron chi connectivity index (χ3n) is 8.89. The van der Waals surface area contributed by atoms with Gasteiger partial charge in [-0.2, -0.15) is 0 Å². The Balaban J connectivity index is 1.28. The molecule has 3 amide bonds. The predicted molar refractivity (Wildman–Crippen MR) is 154 cm³/mol. The van der Waals surface area contributed by atoms with Gasteiger partial charge in [0.2, 0.25) is 17.7 Å². The Morgan fingerprint density at radius 2 is 1.79 bits per heavy atom. The number of halogens is 1. The van der Waals surface area contributed by atoms with Gasteiger partial charge in [0, 0.05) is 48.2 Å². The summed E-state index contributed by atoms with van der Waals surface area (Å²) in [7, 11) is 1.93. The first-order valence-electron chi connectivity index (χ1n) is 14.1. The number of nitrogens with one attached hydrogen (secondary N) is 2. The summed E-state index contributed by atoms with van der Waals surface area (Å²) in [4.78, 5) is 44.3. The molecule has 0 spiro atoms. The minimum atomic E-state index is -0.658. The SMILES string of the molecule is CN[C@@H]1CC[C@H](C(=O)NC(Cc2cccc(Cl)c2)C(=O)N2CCC(N3C(=O)C(C)(C)c4ccccc43)CC2)C1. The third-order valence-corrected chi connectivity index (χ3v) is 9.12. The van der Waals surface area contributed by atoms with Gasteiger partial charge < -0.3 is 20.4 Å². The normalized spacial score (nSPS) is 23.5. The van der Waals surface area contributed by atoms with Gasteiger partial charge >= 0.3 is 0 Å². The molecule has 39 heavy (non-hydrogen) atoms. The molecule has 8 heteroatoms. The van der Waals surface area contributed by atoms with E-state index in [0.29, 0.717) is 43.4 Å². The number of fused-ring (bicyclic) bond motifs is 1. The predicted octanol–water partition coefficient (Wildman–Crippen LogP) is 4.07. The zero-order valence-electron chi connectivity index (χ0n) is 23.1. The van der Waals surface area contributed by atoms with Crippen molar-refractivity contribution in [2.75, 3.05) is 25.0 Å². The molecule has 2 N–H and O–H groups in total. The molecule has 7 nitrogen and oxygen atoms in total. The molecule has 0 aromatic heterocycles. The first-order valence-corrected chi connectivity index (χ1v) is 14.5. The number of benzene rings is 2. The number of anilines is 1. The number of para-hydroxylation sites is 1. The van der Waals surface area contributed by atoms with Crippen LogP contribution in [0.1, 0.15) is 57.1 Å². The van der Waals surface area contributed by atoms with Crippen molar-refractivity contribution in [1.29, 1.82) is 0 Å². The summed E-state index contributed by atoms with van der Waals surface area (Å²) in [5.74, 6) is -0.0913. The lowest BCUT2D eigenvalue weighted by Gasteiger charge is -2.39. The Labute approximate surface area is 236 Å². The molecule has 0 radical (unpaired) electrons. The molecule has 0 bridgehead atoms. The van der Waals surface area contributed by atoms with Gasteiger partial charge in [0.25, 0.3) is 0 Å². The molecule has 208 valence electrons. The van der Waals surface area contributed by atoms with E-state index in [0.717, 1.165) is 36.1 Å². The molecule has 3 atom stereocenters. The summed E-state index contributed by atoms with van der Waals surface area (Å²) in [6.45, 7) is 5.06. The number of carbonyl (C=O) groups excluding carboxylic acids is 3. The average Bonchev–Trinajstić information content (AvgIpc) is 3.49. The van der Waals surface area contributed by atoms with E-state index >= 15 is 0 Å². The summed E-state index contributed by atoms with van der Waals surface area (Å²) in [5, 5.41) is 6.97. The van der Waals surface area contributed by atoms with Crippen molar-refractivity contribution in [2.45, 2.75) is 75.9 Å². The van der Waals surface area contributed by atoms with Gasteiger partial charge in [-0.15, -0.1) is 0 Å². The highest BCUT2D eigenvalue weighted by Gasteiger charge is 2.47. The number of likely N-dealkylation sites (tertiary alicyclic amines) is 1. The molecule has 5 rings (SSSR count). The standard InChI is InChI=1S/C31H39ClN4O3/c1-31(2)25-9-4-5-10-27(25)36(30(31)39)24-13-15-35(16-14-24)29(38)26(18-20-7-6-8-22(32)17-20)34-28(37)21-11-12-23(19-21)33-3/h4-10,17,21,23-24,26,33H,11-16,18-19H2,1-3H3,(H,34,37)/t21-,23+,26?/m0/s1. The van der Waals surface area contributed by atoms with Crippen molar-refractivity contribution < 1.29 is 14.4 Å². The van der Waals surface area contributed by atoms with E-state index in [9.17, 15) is 14.4 Å². The topological polar surface area (TPSA) is 81.8 Å². The van der Waals surface area contributed by atoms with Crippen molar-refractivity contribution in [3.8, 4) is 0 Å². The highest BCUT2D eigenvalue weighted by Crippen LogP contribution is 2.43. The van der Waals surface area contributed by atoms with Crippen LogP contribution in [0.4, 0.5) is 5.69 Å². The lowest BCUT2D eigenvalue weighted by molar-refractivity contribution is -0.138. The fourth-order valence-corrected chi connectivity index (χ4v) is 6.75. The van der Waals surface area contributed by atoms with Crippen LogP contribution in [0.25, 0.3) is 0 Å². The largest absolute Gasteiger partial charge is 0.344 e. The van der Waals surface area contributed by atoms with Gasteiger partial charge in [0.1, 0.15) is 6.04 Å². The minimum Gasteiger partial charge on any atom is -0.344 e. The molecule has 1 aliphatic carbocycles. The number of amides is 3. The first-order chi connectivity index (χ1) is 18.7. The van der Waals surface area contributed by atoms with Crippen LogP contribution in [0.5, 0.6) is 0 Å². The van der Waals surface area contributed by atoms with E-state index < -0.39 is 11.5 Å². The van der Waals surface area contributed by atoms with E-state index in [4.69, 9.17) is 11.6 Å². The van der Waals surface area contributed by atoms with Crippen molar-refractivity contribution >= 4 is 35.0 Å². The number of hydrogen-bond donors (Lipinski definition) is 2. The second-order valence-electron chi connectivity index (χ2n) is 11.8. The fraction of sp³-hybridized carbons (Fsp3) is 0.516. The van der Waals surface area contributed by atoms with Crippen LogP contribution in [-0.4, -0.2) is 60.9 Å². The van der Waals surface area contributed by atoms with Gasteiger partial charge in [0.05, 0.1) is 5.41 Å². The van der Waals surface area contributed by atoms with Gasteiger partial charge in [-0.3, -0.25) is 14.4 Å². The molecule has 2 aliphatic heterocycles. The monoisotopic (exact) mass is 550 g/mol. The Morgan fingerprint density at radius 3 is 2.49 bits per heavy atom. The van der Waals surface area contributed by atoms with Crippen LogP contribution in [0.2, 0.25) is 5.02 Å². The van der Waals surface area contributed by atoms with Crippen LogP contribution in [-0.2, 0) is 26.2 Å². The average molecular weight is 551 g/mol. The Bertz CT molecular complexity index is 1240. The minimum absolute atomic E-state index is 0.0439. The highest BCUT2D eigenvalue weighted by molar-refractivity contribution is 6.30. The van der Waals surface area contributed by atoms with Crippen LogP contribution in [0, 0.1) is 5.92 Å². The fourth-order valence-electron chi connectivity index (χ4n) is 6.54. The van der Waals surface area contributed by atoms with Crippen molar-refractivity contribution in [3.05, 3.63) is 64.7 Å². The summed E-state index contributed by atoms with van der Waals surface area (Å²) in [5.41, 5.74) is 2.41. The van der Waals surface area contributed by atoms with Gasteiger partial charge in [0.15, 0.2) is 0 Å². The first kappa shape index (κ1) is 27.7. The molecular formula is C31H39ClN4O3. The Morgan fingerprint density at radius 1 is 1.05 bits per heavy atom. The number of hydrogen-bond acceptors (Lipinski definition) is 4. The van der Waals surface area contributed by atoms with Crippen LogP contribution < -0.4 is 15.5 Å². The molecule has 1 unspecified atom stereocenters. The van der Waals surface area contributed by atoms with Gasteiger partial charge in [-0.05, 0) is 82.3 Å². The molecule has 2 fully saturated rings. The molecule has 1 saturated heterocycles. The molecule has 1 saturated carbocycles. The maximum atomic E-state index is 13.8. The van der Waals surface area contributed by atoms with Crippen LogP contribution in [0.3, 0.4) is 0 Å². The molecule has 3 aliphatic rings. The zero-order chi connectivity index (χ0) is 27.7. The smallest absolute Gasteiger partial charge is 0.245 e. The van der Waals surface area contributed by atoms with E-state index in [1.807, 2.05) is 73.2 Å². The summed E-state index contributed by atoms with van der Waals surface area (Å²) < 4.78 is 0. The molecule has 2 aromatic carbocycles. The molecular weight excluding hydrogens is 512 g/mol. The lowest BCUT2D eigenvalue weighted by atomic mass is 9.86. The van der Waals surface area contributed by atoms with Crippen molar-refractivity contribution in [1.82, 2.24) is 15.5 Å². The number of carbonyl (C=O) groups is 3. The number of piperidine rings is 1. The maximum absolute atomic E-state index is 13.8. The summed E-state index contributed by atoms with van der Waals surface area (Å²) in [6.07, 6.45) is 4.36.